The predicted octanol–water partition coefficient (Wildman–Crippen LogP) is 1.41. The smallest absolute Gasteiger partial charge is 0.203 e. The highest BCUT2D eigenvalue weighted by Crippen LogP contribution is 2.38. The third-order valence-electron chi connectivity index (χ3n) is 3.55. The van der Waals surface area contributed by atoms with Crippen LogP contribution in [0.25, 0.3) is 0 Å². The summed E-state index contributed by atoms with van der Waals surface area (Å²) in [5.74, 6) is 2.20. The molecule has 0 saturated carbocycles. The van der Waals surface area contributed by atoms with E-state index in [4.69, 9.17) is 14.2 Å². The van der Waals surface area contributed by atoms with Crippen molar-refractivity contribution in [3.63, 3.8) is 0 Å². The first-order chi connectivity index (χ1) is 9.99. The van der Waals surface area contributed by atoms with Crippen LogP contribution in [0.1, 0.15) is 12.0 Å². The van der Waals surface area contributed by atoms with Crippen LogP contribution in [0.2, 0.25) is 0 Å². The van der Waals surface area contributed by atoms with Gasteiger partial charge in [0.1, 0.15) is 0 Å². The maximum Gasteiger partial charge on any atom is 0.203 e. The summed E-state index contributed by atoms with van der Waals surface area (Å²) in [6.45, 7) is 0.552. The molecule has 1 aromatic rings. The molecule has 1 saturated heterocycles. The lowest BCUT2D eigenvalue weighted by molar-refractivity contribution is 0.323. The number of hydrogen-bond acceptors (Lipinski definition) is 6. The second-order valence-electron chi connectivity index (χ2n) is 5.01. The summed E-state index contributed by atoms with van der Waals surface area (Å²) >= 11 is 0. The SMILES string of the molecule is COc1cc(CNC2CCS(=O)(=O)C2)cc(OC)c1OC.Cl. The zero-order valence-corrected chi connectivity index (χ0v) is 14.6. The highest BCUT2D eigenvalue weighted by Gasteiger charge is 2.27. The summed E-state index contributed by atoms with van der Waals surface area (Å²) in [7, 11) is 1.82. The van der Waals surface area contributed by atoms with Gasteiger partial charge in [-0.05, 0) is 24.1 Å². The number of methoxy groups -OCH3 is 3. The first-order valence-electron chi connectivity index (χ1n) is 6.71. The van der Waals surface area contributed by atoms with Gasteiger partial charge in [-0.25, -0.2) is 8.42 Å². The van der Waals surface area contributed by atoms with Crippen molar-refractivity contribution in [2.75, 3.05) is 32.8 Å². The lowest BCUT2D eigenvalue weighted by Gasteiger charge is -2.16. The zero-order chi connectivity index (χ0) is 15.5. The summed E-state index contributed by atoms with van der Waals surface area (Å²) in [6, 6.07) is 3.73. The number of sulfone groups is 1. The average molecular weight is 352 g/mol. The maximum absolute atomic E-state index is 11.4. The minimum absolute atomic E-state index is 0. The largest absolute Gasteiger partial charge is 0.493 e. The van der Waals surface area contributed by atoms with Gasteiger partial charge in [0.2, 0.25) is 5.75 Å². The third-order valence-corrected chi connectivity index (χ3v) is 5.32. The summed E-state index contributed by atoms with van der Waals surface area (Å²) in [6.07, 6.45) is 0.659. The summed E-state index contributed by atoms with van der Waals surface area (Å²) in [5.41, 5.74) is 0.953. The fourth-order valence-electron chi connectivity index (χ4n) is 2.46. The second kappa shape index (κ2) is 7.89. The molecule has 1 aromatic carbocycles. The van der Waals surface area contributed by atoms with E-state index in [1.54, 1.807) is 21.3 Å². The molecule has 8 heteroatoms. The van der Waals surface area contributed by atoms with Gasteiger partial charge < -0.3 is 19.5 Å². The minimum atomic E-state index is -2.87. The molecule has 0 aromatic heterocycles. The normalized spacial score (nSPS) is 19.3. The van der Waals surface area contributed by atoms with E-state index in [1.807, 2.05) is 12.1 Å². The van der Waals surface area contributed by atoms with Gasteiger partial charge in [0.15, 0.2) is 21.3 Å². The lowest BCUT2D eigenvalue weighted by atomic mass is 10.1. The molecule has 0 spiro atoms. The van der Waals surface area contributed by atoms with Crippen LogP contribution in [0.3, 0.4) is 0 Å². The van der Waals surface area contributed by atoms with Crippen LogP contribution in [0.4, 0.5) is 0 Å². The highest BCUT2D eigenvalue weighted by molar-refractivity contribution is 7.91. The van der Waals surface area contributed by atoms with Crippen molar-refractivity contribution >= 4 is 22.2 Å². The topological polar surface area (TPSA) is 73.9 Å². The van der Waals surface area contributed by atoms with Crippen LogP contribution < -0.4 is 19.5 Å². The van der Waals surface area contributed by atoms with Crippen molar-refractivity contribution < 1.29 is 22.6 Å². The Labute approximate surface area is 137 Å². The molecule has 1 aliphatic rings. The fourth-order valence-corrected chi connectivity index (χ4v) is 4.16. The Balaban J connectivity index is 0.00000242. The van der Waals surface area contributed by atoms with Gasteiger partial charge in [0.25, 0.3) is 0 Å². The van der Waals surface area contributed by atoms with Crippen LogP contribution in [0.5, 0.6) is 17.2 Å². The molecule has 1 N–H and O–H groups in total. The molecule has 1 aliphatic heterocycles. The minimum Gasteiger partial charge on any atom is -0.493 e. The molecule has 2 rings (SSSR count). The first kappa shape index (κ1) is 18.9. The Bertz CT molecular complexity index is 580. The average Bonchev–Trinajstić information content (AvgIpc) is 2.83. The first-order valence-corrected chi connectivity index (χ1v) is 8.54. The number of rotatable bonds is 6. The van der Waals surface area contributed by atoms with E-state index in [1.165, 1.54) is 0 Å². The molecule has 1 fully saturated rings. The molecule has 0 aliphatic carbocycles. The molecular weight excluding hydrogens is 330 g/mol. The Morgan fingerprint density at radius 2 is 1.73 bits per heavy atom. The van der Waals surface area contributed by atoms with E-state index in [-0.39, 0.29) is 30.0 Å². The van der Waals surface area contributed by atoms with Gasteiger partial charge in [-0.1, -0.05) is 0 Å². The second-order valence-corrected chi connectivity index (χ2v) is 7.24. The summed E-state index contributed by atoms with van der Waals surface area (Å²) in [4.78, 5) is 0. The van der Waals surface area contributed by atoms with E-state index in [0.29, 0.717) is 30.2 Å². The molecule has 0 amide bonds. The van der Waals surface area contributed by atoms with Crippen LogP contribution in [0.15, 0.2) is 12.1 Å². The predicted molar refractivity (Wildman–Crippen MR) is 87.2 cm³/mol. The summed E-state index contributed by atoms with van der Waals surface area (Å²) < 4.78 is 38.7. The van der Waals surface area contributed by atoms with Gasteiger partial charge in [0, 0.05) is 12.6 Å². The van der Waals surface area contributed by atoms with Gasteiger partial charge in [-0.2, -0.15) is 0 Å². The Morgan fingerprint density at radius 3 is 2.14 bits per heavy atom. The molecule has 1 heterocycles. The van der Waals surface area contributed by atoms with Crippen LogP contribution >= 0.6 is 12.4 Å². The van der Waals surface area contributed by atoms with E-state index >= 15 is 0 Å². The van der Waals surface area contributed by atoms with Crippen molar-refractivity contribution in [1.29, 1.82) is 0 Å². The van der Waals surface area contributed by atoms with E-state index < -0.39 is 9.84 Å². The monoisotopic (exact) mass is 351 g/mol. The molecule has 1 unspecified atom stereocenters. The molecular formula is C14H22ClNO5S. The number of hydrogen-bond donors (Lipinski definition) is 1. The Morgan fingerprint density at radius 1 is 1.14 bits per heavy atom. The van der Waals surface area contributed by atoms with E-state index in [2.05, 4.69) is 5.32 Å². The number of ether oxygens (including phenoxy) is 3. The number of nitrogens with one attached hydrogen (secondary N) is 1. The third kappa shape index (κ3) is 4.41. The fraction of sp³-hybridized carbons (Fsp3) is 0.571. The van der Waals surface area contributed by atoms with E-state index in [9.17, 15) is 8.42 Å². The Kier molecular flexibility index (Phi) is 6.77. The van der Waals surface area contributed by atoms with Gasteiger partial charge >= 0.3 is 0 Å². The Hall–Kier alpha value is -1.18. The highest BCUT2D eigenvalue weighted by atomic mass is 35.5. The standard InChI is InChI=1S/C14H21NO5S.ClH/c1-18-12-6-10(7-13(19-2)14(12)20-3)8-15-11-4-5-21(16,17)9-11;/h6-7,11,15H,4-5,8-9H2,1-3H3;1H. The molecule has 126 valence electrons. The maximum atomic E-state index is 11.4. The van der Waals surface area contributed by atoms with Crippen LogP contribution in [0, 0.1) is 0 Å². The molecule has 0 bridgehead atoms. The molecule has 0 radical (unpaired) electrons. The van der Waals surface area contributed by atoms with Crippen LogP contribution in [-0.4, -0.2) is 47.3 Å². The lowest BCUT2D eigenvalue weighted by Crippen LogP contribution is -2.29. The quantitative estimate of drug-likeness (QED) is 0.835. The molecule has 1 atom stereocenters. The van der Waals surface area contributed by atoms with Crippen molar-refractivity contribution in [2.45, 2.75) is 19.0 Å². The van der Waals surface area contributed by atoms with Gasteiger partial charge in [-0.15, -0.1) is 12.4 Å². The molecule has 6 nitrogen and oxygen atoms in total. The van der Waals surface area contributed by atoms with Crippen LogP contribution in [-0.2, 0) is 16.4 Å². The number of halogens is 1. The van der Waals surface area contributed by atoms with Gasteiger partial charge in [-0.3, -0.25) is 0 Å². The van der Waals surface area contributed by atoms with Crippen molar-refractivity contribution in [3.05, 3.63) is 17.7 Å². The summed E-state index contributed by atoms with van der Waals surface area (Å²) in [5, 5.41) is 3.26. The zero-order valence-electron chi connectivity index (χ0n) is 12.9. The molecule has 22 heavy (non-hydrogen) atoms. The van der Waals surface area contributed by atoms with E-state index in [0.717, 1.165) is 5.56 Å². The van der Waals surface area contributed by atoms with Crippen molar-refractivity contribution in [2.24, 2.45) is 0 Å². The van der Waals surface area contributed by atoms with Gasteiger partial charge in [0.05, 0.1) is 32.8 Å². The van der Waals surface area contributed by atoms with Crippen molar-refractivity contribution in [3.8, 4) is 17.2 Å². The van der Waals surface area contributed by atoms with Crippen molar-refractivity contribution in [1.82, 2.24) is 5.32 Å². The number of benzene rings is 1.